The van der Waals surface area contributed by atoms with Crippen molar-refractivity contribution in [1.82, 2.24) is 14.7 Å². The molecular formula is C21H25N3O3. The van der Waals surface area contributed by atoms with E-state index < -0.39 is 0 Å². The average Bonchev–Trinajstić information content (AvgIpc) is 3.07. The number of aromatic amines is 1. The molecule has 0 aliphatic carbocycles. The first-order valence-corrected chi connectivity index (χ1v) is 8.94. The van der Waals surface area contributed by atoms with Crippen molar-refractivity contribution >= 4 is 11.4 Å². The number of aryl methyl sites for hydroxylation is 2. The zero-order valence-electron chi connectivity index (χ0n) is 16.3. The minimum Gasteiger partial charge on any atom is -0.376 e. The molecule has 3 heterocycles. The Balaban J connectivity index is 1.95. The second-order valence-electron chi connectivity index (χ2n) is 6.87. The van der Waals surface area contributed by atoms with Crippen LogP contribution >= 0.6 is 0 Å². The molecule has 0 radical (unpaired) electrons. The van der Waals surface area contributed by atoms with Crippen molar-refractivity contribution < 1.29 is 9.53 Å². The molecular weight excluding hydrogens is 342 g/mol. The Kier molecular flexibility index (Phi) is 5.19. The number of carbonyl (C=O) groups is 1. The van der Waals surface area contributed by atoms with Crippen molar-refractivity contribution in [2.75, 3.05) is 7.11 Å². The molecule has 2 N–H and O–H groups in total. The van der Waals surface area contributed by atoms with E-state index in [9.17, 15) is 9.59 Å². The largest absolute Gasteiger partial charge is 0.376 e. The summed E-state index contributed by atoms with van der Waals surface area (Å²) in [5.74, 6) is -0.208. The molecule has 0 saturated heterocycles. The van der Waals surface area contributed by atoms with Crippen molar-refractivity contribution in [1.29, 1.82) is 0 Å². The lowest BCUT2D eigenvalue weighted by Crippen LogP contribution is -2.29. The van der Waals surface area contributed by atoms with Crippen LogP contribution in [0.15, 0.2) is 35.3 Å². The molecule has 3 rings (SSSR count). The van der Waals surface area contributed by atoms with Crippen LogP contribution in [0, 0.1) is 20.8 Å². The number of fused-ring (bicyclic) bond motifs is 1. The first-order chi connectivity index (χ1) is 12.8. The summed E-state index contributed by atoms with van der Waals surface area (Å²) < 4.78 is 7.54. The number of hydrogen-bond acceptors (Lipinski definition) is 3. The summed E-state index contributed by atoms with van der Waals surface area (Å²) in [6.45, 7) is 7.77. The molecule has 0 aliphatic heterocycles. The number of carbonyl (C=O) groups excluding carboxylic acids is 1. The van der Waals surface area contributed by atoms with Gasteiger partial charge < -0.3 is 19.4 Å². The van der Waals surface area contributed by atoms with E-state index in [2.05, 4.69) is 10.3 Å². The quantitative estimate of drug-likeness (QED) is 0.727. The van der Waals surface area contributed by atoms with Gasteiger partial charge in [0.15, 0.2) is 0 Å². The van der Waals surface area contributed by atoms with Crippen LogP contribution in [0.4, 0.5) is 0 Å². The second-order valence-corrected chi connectivity index (χ2v) is 6.87. The minimum atomic E-state index is -0.208. The number of amides is 1. The molecule has 1 unspecified atom stereocenters. The van der Waals surface area contributed by atoms with Gasteiger partial charge in [0, 0.05) is 42.2 Å². The zero-order valence-corrected chi connectivity index (χ0v) is 16.3. The van der Waals surface area contributed by atoms with Gasteiger partial charge in [-0.2, -0.15) is 0 Å². The van der Waals surface area contributed by atoms with E-state index in [4.69, 9.17) is 4.74 Å². The summed E-state index contributed by atoms with van der Waals surface area (Å²) >= 11 is 0. The second kappa shape index (κ2) is 7.40. The third kappa shape index (κ3) is 3.53. The number of pyridine rings is 2. The van der Waals surface area contributed by atoms with E-state index in [1.54, 1.807) is 7.11 Å². The number of nitrogens with zero attached hydrogens (tertiary/aromatic N) is 1. The van der Waals surface area contributed by atoms with Crippen LogP contribution in [0.2, 0.25) is 0 Å². The van der Waals surface area contributed by atoms with Gasteiger partial charge in [-0.3, -0.25) is 9.59 Å². The van der Waals surface area contributed by atoms with Crippen LogP contribution in [-0.2, 0) is 11.3 Å². The molecule has 6 nitrogen and oxygen atoms in total. The molecule has 3 aromatic heterocycles. The molecule has 0 fully saturated rings. The Morgan fingerprint density at radius 2 is 2.04 bits per heavy atom. The van der Waals surface area contributed by atoms with Gasteiger partial charge in [0.2, 0.25) is 0 Å². The van der Waals surface area contributed by atoms with Gasteiger partial charge in [0.25, 0.3) is 11.5 Å². The number of ether oxygens (including phenoxy) is 1. The SMILES string of the molecule is COC(C)c1c(C)c(C(=O)NCc2c(C)cc(C)[nH]c2=O)cc2cccn12. The van der Waals surface area contributed by atoms with E-state index in [1.807, 2.05) is 62.6 Å². The Hall–Kier alpha value is -2.86. The van der Waals surface area contributed by atoms with Gasteiger partial charge in [-0.1, -0.05) is 0 Å². The number of aromatic nitrogens is 2. The predicted octanol–water partition coefficient (Wildman–Crippen LogP) is 3.19. The highest BCUT2D eigenvalue weighted by Crippen LogP contribution is 2.26. The van der Waals surface area contributed by atoms with Crippen molar-refractivity contribution in [3.63, 3.8) is 0 Å². The molecule has 0 aromatic carbocycles. The van der Waals surface area contributed by atoms with E-state index in [-0.39, 0.29) is 24.1 Å². The molecule has 6 heteroatoms. The summed E-state index contributed by atoms with van der Waals surface area (Å²) in [6.07, 6.45) is 1.80. The maximum atomic E-state index is 12.9. The molecule has 0 saturated carbocycles. The molecule has 1 atom stereocenters. The Bertz CT molecular complexity index is 1060. The highest BCUT2D eigenvalue weighted by molar-refractivity contribution is 5.97. The predicted molar refractivity (Wildman–Crippen MR) is 105 cm³/mol. The summed E-state index contributed by atoms with van der Waals surface area (Å²) in [7, 11) is 1.65. The van der Waals surface area contributed by atoms with Crippen LogP contribution in [0.5, 0.6) is 0 Å². The van der Waals surface area contributed by atoms with Gasteiger partial charge in [0.05, 0.1) is 11.8 Å². The molecule has 3 aromatic rings. The summed E-state index contributed by atoms with van der Waals surface area (Å²) in [5, 5.41) is 2.89. The Morgan fingerprint density at radius 1 is 1.30 bits per heavy atom. The summed E-state index contributed by atoms with van der Waals surface area (Å²) in [6, 6.07) is 7.66. The van der Waals surface area contributed by atoms with Crippen molar-refractivity contribution in [3.8, 4) is 0 Å². The number of rotatable bonds is 5. The molecule has 27 heavy (non-hydrogen) atoms. The highest BCUT2D eigenvalue weighted by Gasteiger charge is 2.19. The third-order valence-electron chi connectivity index (χ3n) is 5.02. The van der Waals surface area contributed by atoms with Gasteiger partial charge in [-0.05, 0) is 63.1 Å². The van der Waals surface area contributed by atoms with E-state index >= 15 is 0 Å². The number of hydrogen-bond donors (Lipinski definition) is 2. The van der Waals surface area contributed by atoms with E-state index in [0.717, 1.165) is 28.0 Å². The fraction of sp³-hybridized carbons (Fsp3) is 0.333. The summed E-state index contributed by atoms with van der Waals surface area (Å²) in [4.78, 5) is 27.8. The fourth-order valence-electron chi connectivity index (χ4n) is 3.52. The average molecular weight is 367 g/mol. The monoisotopic (exact) mass is 367 g/mol. The lowest BCUT2D eigenvalue weighted by molar-refractivity contribution is 0.0948. The maximum absolute atomic E-state index is 12.9. The normalized spacial score (nSPS) is 12.3. The lowest BCUT2D eigenvalue weighted by Gasteiger charge is -2.19. The van der Waals surface area contributed by atoms with E-state index in [1.165, 1.54) is 0 Å². The Morgan fingerprint density at radius 3 is 2.70 bits per heavy atom. The molecule has 142 valence electrons. The van der Waals surface area contributed by atoms with Crippen LogP contribution in [-0.4, -0.2) is 22.4 Å². The number of H-pyrrole nitrogens is 1. The molecule has 0 spiro atoms. The number of methoxy groups -OCH3 is 1. The van der Waals surface area contributed by atoms with Crippen LogP contribution in [0.1, 0.15) is 51.5 Å². The lowest BCUT2D eigenvalue weighted by atomic mass is 10.0. The molecule has 0 bridgehead atoms. The maximum Gasteiger partial charge on any atom is 0.253 e. The van der Waals surface area contributed by atoms with Gasteiger partial charge in [0.1, 0.15) is 0 Å². The van der Waals surface area contributed by atoms with Crippen molar-refractivity contribution in [3.05, 3.63) is 74.5 Å². The Labute approximate surface area is 158 Å². The molecule has 1 amide bonds. The van der Waals surface area contributed by atoms with Crippen molar-refractivity contribution in [2.24, 2.45) is 0 Å². The first kappa shape index (κ1) is 18.9. The zero-order chi connectivity index (χ0) is 19.7. The number of nitrogens with one attached hydrogen (secondary N) is 2. The molecule has 0 aliphatic rings. The first-order valence-electron chi connectivity index (χ1n) is 8.94. The fourth-order valence-corrected chi connectivity index (χ4v) is 3.52. The van der Waals surface area contributed by atoms with Crippen LogP contribution in [0.25, 0.3) is 5.52 Å². The van der Waals surface area contributed by atoms with Gasteiger partial charge >= 0.3 is 0 Å². The highest BCUT2D eigenvalue weighted by atomic mass is 16.5. The van der Waals surface area contributed by atoms with Crippen LogP contribution in [0.3, 0.4) is 0 Å². The topological polar surface area (TPSA) is 75.6 Å². The van der Waals surface area contributed by atoms with Crippen molar-refractivity contribution in [2.45, 2.75) is 40.3 Å². The van der Waals surface area contributed by atoms with Crippen LogP contribution < -0.4 is 10.9 Å². The minimum absolute atomic E-state index is 0.158. The summed E-state index contributed by atoms with van der Waals surface area (Å²) in [5.41, 5.74) is 5.38. The third-order valence-corrected chi connectivity index (χ3v) is 5.02. The van der Waals surface area contributed by atoms with Gasteiger partial charge in [-0.15, -0.1) is 0 Å². The standard InChI is InChI=1S/C21H25N3O3/c1-12-9-13(2)23-21(26)18(12)11-22-20(25)17-10-16-7-6-8-24(16)19(14(17)3)15(4)27-5/h6-10,15H,11H2,1-5H3,(H,22,25)(H,23,26). The van der Waals surface area contributed by atoms with Gasteiger partial charge in [-0.25, -0.2) is 0 Å². The smallest absolute Gasteiger partial charge is 0.253 e. The van der Waals surface area contributed by atoms with E-state index in [0.29, 0.717) is 11.1 Å².